The van der Waals surface area contributed by atoms with E-state index in [0.717, 1.165) is 18.5 Å². The van der Waals surface area contributed by atoms with Crippen LogP contribution in [0.15, 0.2) is 29.0 Å². The molecule has 1 fully saturated rings. The van der Waals surface area contributed by atoms with E-state index in [1.807, 2.05) is 13.0 Å². The van der Waals surface area contributed by atoms with Crippen LogP contribution in [0.2, 0.25) is 0 Å². The molecule has 0 aromatic carbocycles. The van der Waals surface area contributed by atoms with Crippen LogP contribution in [0.3, 0.4) is 0 Å². The van der Waals surface area contributed by atoms with Crippen molar-refractivity contribution in [3.63, 3.8) is 0 Å². The largest absolute Gasteiger partial charge is 0.379 e. The zero-order valence-electron chi connectivity index (χ0n) is 15.9. The Morgan fingerprint density at radius 2 is 2.26 bits per heavy atom. The van der Waals surface area contributed by atoms with E-state index in [1.165, 1.54) is 0 Å². The van der Waals surface area contributed by atoms with Gasteiger partial charge in [-0.15, -0.1) is 0 Å². The molecule has 2 aromatic heterocycles. The number of methoxy groups -OCH3 is 1. The van der Waals surface area contributed by atoms with Crippen LogP contribution in [0.4, 0.5) is 0 Å². The van der Waals surface area contributed by atoms with Gasteiger partial charge in [-0.25, -0.2) is 0 Å². The maximum atomic E-state index is 12.9. The lowest BCUT2D eigenvalue weighted by atomic mass is 9.82. The fourth-order valence-corrected chi connectivity index (χ4v) is 3.63. The molecular weight excluding hydrogens is 348 g/mol. The lowest BCUT2D eigenvalue weighted by Crippen LogP contribution is -2.50. The summed E-state index contributed by atoms with van der Waals surface area (Å²) in [7, 11) is 3.40. The lowest BCUT2D eigenvalue weighted by Gasteiger charge is -2.36. The Bertz CT molecular complexity index is 771. The number of aromatic nitrogens is 2. The standard InChI is InChI=1S/C19H26N4O4/c1-12-8-15(27-22-12)11-23(2)19(25)13-4-5-17(26-3)16(9-13)21-18(24)14-6-7-20-10-14/h6-8,10,13,16-17,20H,4-5,9,11H2,1-3H3,(H,21,24)/t13-,16+,17+/m0/s1. The number of hydrogen-bond acceptors (Lipinski definition) is 5. The maximum Gasteiger partial charge on any atom is 0.253 e. The van der Waals surface area contributed by atoms with Gasteiger partial charge in [-0.1, -0.05) is 5.16 Å². The molecule has 0 spiro atoms. The Hall–Kier alpha value is -2.61. The van der Waals surface area contributed by atoms with Crippen LogP contribution >= 0.6 is 0 Å². The first-order valence-electron chi connectivity index (χ1n) is 9.11. The summed E-state index contributed by atoms with van der Waals surface area (Å²) in [5.74, 6) is 0.370. The number of ether oxygens (including phenoxy) is 1. The van der Waals surface area contributed by atoms with Crippen LogP contribution in [-0.4, -0.2) is 53.2 Å². The summed E-state index contributed by atoms with van der Waals surface area (Å²) in [4.78, 5) is 29.8. The molecule has 0 aliphatic heterocycles. The Morgan fingerprint density at radius 1 is 1.44 bits per heavy atom. The van der Waals surface area contributed by atoms with Gasteiger partial charge in [0.15, 0.2) is 5.76 Å². The van der Waals surface area contributed by atoms with Crippen LogP contribution in [0.25, 0.3) is 0 Å². The van der Waals surface area contributed by atoms with Crippen molar-refractivity contribution in [3.05, 3.63) is 41.5 Å². The van der Waals surface area contributed by atoms with Crippen molar-refractivity contribution in [2.24, 2.45) is 5.92 Å². The first-order valence-corrected chi connectivity index (χ1v) is 9.11. The van der Waals surface area contributed by atoms with E-state index < -0.39 is 0 Å². The third-order valence-electron chi connectivity index (χ3n) is 5.06. The van der Waals surface area contributed by atoms with Crippen LogP contribution in [0.5, 0.6) is 0 Å². The molecule has 2 N–H and O–H groups in total. The molecule has 0 bridgehead atoms. The molecule has 0 unspecified atom stereocenters. The topological polar surface area (TPSA) is 100 Å². The van der Waals surface area contributed by atoms with Gasteiger partial charge >= 0.3 is 0 Å². The molecule has 2 aromatic rings. The molecule has 8 heteroatoms. The minimum Gasteiger partial charge on any atom is -0.379 e. The van der Waals surface area contributed by atoms with Crippen LogP contribution in [-0.2, 0) is 16.1 Å². The Balaban J connectivity index is 1.62. The van der Waals surface area contributed by atoms with Gasteiger partial charge < -0.3 is 24.5 Å². The summed E-state index contributed by atoms with van der Waals surface area (Å²) in [6.07, 6.45) is 5.26. The number of carbonyl (C=O) groups is 2. The van der Waals surface area contributed by atoms with E-state index in [0.29, 0.717) is 24.3 Å². The second-order valence-corrected chi connectivity index (χ2v) is 7.09. The minimum absolute atomic E-state index is 0.0412. The van der Waals surface area contributed by atoms with Gasteiger partial charge in [0.2, 0.25) is 5.91 Å². The van der Waals surface area contributed by atoms with E-state index in [-0.39, 0.29) is 29.9 Å². The fraction of sp³-hybridized carbons (Fsp3) is 0.526. The highest BCUT2D eigenvalue weighted by atomic mass is 16.5. The van der Waals surface area contributed by atoms with Crippen molar-refractivity contribution in [2.45, 2.75) is 44.9 Å². The van der Waals surface area contributed by atoms with Crippen molar-refractivity contribution < 1.29 is 18.8 Å². The summed E-state index contributed by atoms with van der Waals surface area (Å²) in [6.45, 7) is 2.23. The molecule has 27 heavy (non-hydrogen) atoms. The predicted octanol–water partition coefficient (Wildman–Crippen LogP) is 1.88. The zero-order chi connectivity index (χ0) is 19.4. The van der Waals surface area contributed by atoms with Gasteiger partial charge in [0, 0.05) is 38.5 Å². The summed E-state index contributed by atoms with van der Waals surface area (Å²) < 4.78 is 10.7. The summed E-state index contributed by atoms with van der Waals surface area (Å²) in [5, 5.41) is 6.87. The molecule has 1 aliphatic carbocycles. The number of carbonyl (C=O) groups excluding carboxylic acids is 2. The smallest absolute Gasteiger partial charge is 0.253 e. The zero-order valence-corrected chi connectivity index (χ0v) is 15.9. The first kappa shape index (κ1) is 19.2. The third-order valence-corrected chi connectivity index (χ3v) is 5.06. The number of aromatic amines is 1. The number of hydrogen-bond donors (Lipinski definition) is 2. The molecule has 0 saturated heterocycles. The molecule has 1 aliphatic rings. The van der Waals surface area contributed by atoms with Crippen molar-refractivity contribution >= 4 is 11.8 Å². The van der Waals surface area contributed by atoms with Gasteiger partial charge in [0.25, 0.3) is 5.91 Å². The fourth-order valence-electron chi connectivity index (χ4n) is 3.63. The Morgan fingerprint density at radius 3 is 2.89 bits per heavy atom. The number of amides is 2. The molecule has 1 saturated carbocycles. The number of nitrogens with one attached hydrogen (secondary N) is 2. The lowest BCUT2D eigenvalue weighted by molar-refractivity contribution is -0.137. The second kappa shape index (κ2) is 8.39. The van der Waals surface area contributed by atoms with Crippen molar-refractivity contribution in [1.29, 1.82) is 0 Å². The number of nitrogens with zero attached hydrogens (tertiary/aromatic N) is 2. The van der Waals surface area contributed by atoms with Crippen molar-refractivity contribution in [1.82, 2.24) is 20.4 Å². The highest BCUT2D eigenvalue weighted by Gasteiger charge is 2.36. The molecule has 3 rings (SSSR count). The second-order valence-electron chi connectivity index (χ2n) is 7.09. The molecule has 2 heterocycles. The van der Waals surface area contributed by atoms with E-state index in [9.17, 15) is 9.59 Å². The first-order chi connectivity index (χ1) is 13.0. The van der Waals surface area contributed by atoms with Gasteiger partial charge in [-0.05, 0) is 32.3 Å². The van der Waals surface area contributed by atoms with Crippen LogP contribution < -0.4 is 5.32 Å². The highest BCUT2D eigenvalue weighted by Crippen LogP contribution is 2.28. The quantitative estimate of drug-likeness (QED) is 0.804. The van der Waals surface area contributed by atoms with Crippen LogP contribution in [0.1, 0.15) is 41.1 Å². The molecular formula is C19H26N4O4. The van der Waals surface area contributed by atoms with Crippen molar-refractivity contribution in [3.8, 4) is 0 Å². The number of rotatable bonds is 6. The molecule has 2 amide bonds. The highest BCUT2D eigenvalue weighted by molar-refractivity contribution is 5.94. The van der Waals surface area contributed by atoms with Gasteiger partial charge in [0.1, 0.15) is 0 Å². The Labute approximate surface area is 158 Å². The molecule has 146 valence electrons. The monoisotopic (exact) mass is 374 g/mol. The van der Waals surface area contributed by atoms with E-state index in [1.54, 1.807) is 37.5 Å². The maximum absolute atomic E-state index is 12.9. The van der Waals surface area contributed by atoms with Crippen LogP contribution in [0, 0.1) is 12.8 Å². The van der Waals surface area contributed by atoms with Gasteiger partial charge in [-0.2, -0.15) is 0 Å². The third kappa shape index (κ3) is 4.57. The molecule has 0 radical (unpaired) electrons. The van der Waals surface area contributed by atoms with Gasteiger partial charge in [-0.3, -0.25) is 9.59 Å². The molecule has 8 nitrogen and oxygen atoms in total. The average molecular weight is 374 g/mol. The Kier molecular flexibility index (Phi) is 5.95. The normalized spacial score (nSPS) is 22.4. The summed E-state index contributed by atoms with van der Waals surface area (Å²) in [6, 6.07) is 3.34. The number of H-pyrrole nitrogens is 1. The number of aryl methyl sites for hydroxylation is 1. The minimum atomic E-state index is -0.207. The summed E-state index contributed by atoms with van der Waals surface area (Å²) >= 11 is 0. The van der Waals surface area contributed by atoms with E-state index >= 15 is 0 Å². The van der Waals surface area contributed by atoms with Crippen molar-refractivity contribution in [2.75, 3.05) is 14.2 Å². The van der Waals surface area contributed by atoms with E-state index in [2.05, 4.69) is 15.5 Å². The summed E-state index contributed by atoms with van der Waals surface area (Å²) in [5.41, 5.74) is 1.36. The SMILES string of the molecule is CO[C@@H]1CC[C@H](C(=O)N(C)Cc2cc(C)no2)C[C@H]1NC(=O)c1cc[nH]c1. The molecule has 3 atom stereocenters. The van der Waals surface area contributed by atoms with E-state index in [4.69, 9.17) is 9.26 Å². The average Bonchev–Trinajstić information content (AvgIpc) is 3.33. The predicted molar refractivity (Wildman–Crippen MR) is 97.9 cm³/mol. The van der Waals surface area contributed by atoms with Gasteiger partial charge in [0.05, 0.1) is 29.9 Å².